The molecular formula is C21H16BClN2O3. The highest BCUT2D eigenvalue weighted by Gasteiger charge is 2.34. The van der Waals surface area contributed by atoms with Crippen LogP contribution in [0.1, 0.15) is 15.9 Å². The third-order valence-corrected chi connectivity index (χ3v) is 4.98. The molecule has 0 aromatic heterocycles. The zero-order chi connectivity index (χ0) is 19.7. The summed E-state index contributed by atoms with van der Waals surface area (Å²) in [5.74, 6) is 0.326. The van der Waals surface area contributed by atoms with E-state index in [-0.39, 0.29) is 0 Å². The molecule has 0 bridgehead atoms. The maximum absolute atomic E-state index is 12.7. The lowest BCUT2D eigenvalue weighted by molar-refractivity contribution is 0.0846. The van der Waals surface area contributed by atoms with E-state index in [0.717, 1.165) is 27.4 Å². The molecule has 0 saturated carbocycles. The predicted octanol–water partition coefficient (Wildman–Crippen LogP) is 3.19. The van der Waals surface area contributed by atoms with Gasteiger partial charge in [0.05, 0.1) is 23.9 Å². The lowest BCUT2D eigenvalue weighted by atomic mass is 9.69. The van der Waals surface area contributed by atoms with E-state index >= 15 is 0 Å². The normalized spacial score (nSPS) is 12.7. The van der Waals surface area contributed by atoms with Gasteiger partial charge in [0.2, 0.25) is 0 Å². The van der Waals surface area contributed by atoms with Crippen molar-refractivity contribution in [2.24, 2.45) is 5.10 Å². The molecule has 1 heterocycles. The van der Waals surface area contributed by atoms with Gasteiger partial charge in [0.1, 0.15) is 5.75 Å². The van der Waals surface area contributed by atoms with Gasteiger partial charge in [-0.3, -0.25) is 4.79 Å². The number of carbonyl (C=O) groups is 1. The lowest BCUT2D eigenvalue weighted by Crippen LogP contribution is -2.52. The van der Waals surface area contributed by atoms with Gasteiger partial charge >= 0.3 is 7.05 Å². The second-order valence-corrected chi connectivity index (χ2v) is 6.73. The second kappa shape index (κ2) is 7.50. The summed E-state index contributed by atoms with van der Waals surface area (Å²) < 4.78 is 5.19. The Hall–Kier alpha value is -3.09. The molecule has 0 aliphatic carbocycles. The van der Waals surface area contributed by atoms with E-state index in [4.69, 9.17) is 16.3 Å². The van der Waals surface area contributed by atoms with Crippen molar-refractivity contribution in [3.8, 4) is 16.9 Å². The fourth-order valence-electron chi connectivity index (χ4n) is 3.13. The van der Waals surface area contributed by atoms with Crippen molar-refractivity contribution in [1.82, 2.24) is 4.92 Å². The number of methoxy groups -OCH3 is 1. The molecular weight excluding hydrogens is 375 g/mol. The van der Waals surface area contributed by atoms with Crippen LogP contribution in [0.3, 0.4) is 0 Å². The largest absolute Gasteiger partial charge is 0.497 e. The fraction of sp³-hybridized carbons (Fsp3) is 0.0476. The van der Waals surface area contributed by atoms with Crippen LogP contribution in [0.4, 0.5) is 0 Å². The molecule has 3 aromatic rings. The van der Waals surface area contributed by atoms with E-state index in [9.17, 15) is 9.82 Å². The molecule has 0 spiro atoms. The van der Waals surface area contributed by atoms with Gasteiger partial charge in [0.25, 0.3) is 5.91 Å². The molecule has 7 heteroatoms. The number of halogens is 1. The molecule has 138 valence electrons. The number of nitrogens with zero attached hydrogens (tertiary/aromatic N) is 2. The Labute approximate surface area is 168 Å². The topological polar surface area (TPSA) is 62.1 Å². The number of carbonyl (C=O) groups excluding carboxylic acids is 1. The predicted molar refractivity (Wildman–Crippen MR) is 111 cm³/mol. The van der Waals surface area contributed by atoms with E-state index in [0.29, 0.717) is 16.0 Å². The molecule has 0 saturated heterocycles. The Kier molecular flexibility index (Phi) is 4.90. The number of ether oxygens (including phenoxy) is 1. The maximum atomic E-state index is 12.7. The van der Waals surface area contributed by atoms with E-state index in [1.54, 1.807) is 43.7 Å². The molecule has 28 heavy (non-hydrogen) atoms. The first-order chi connectivity index (χ1) is 13.6. The molecule has 1 aliphatic rings. The highest BCUT2D eigenvalue weighted by Crippen LogP contribution is 2.24. The van der Waals surface area contributed by atoms with Gasteiger partial charge in [0, 0.05) is 0 Å². The molecule has 1 N–H and O–H groups in total. The number of benzene rings is 3. The highest BCUT2D eigenvalue weighted by atomic mass is 35.5. The number of hydrazone groups is 1. The molecule has 0 unspecified atom stereocenters. The molecule has 3 aromatic carbocycles. The van der Waals surface area contributed by atoms with E-state index in [1.165, 1.54) is 0 Å². The lowest BCUT2D eigenvalue weighted by Gasteiger charge is -2.25. The van der Waals surface area contributed by atoms with Crippen molar-refractivity contribution in [1.29, 1.82) is 0 Å². The minimum absolute atomic E-state index is 0.290. The van der Waals surface area contributed by atoms with Gasteiger partial charge in [0.15, 0.2) is 0 Å². The van der Waals surface area contributed by atoms with Gasteiger partial charge in [-0.1, -0.05) is 48.0 Å². The van der Waals surface area contributed by atoms with Crippen molar-refractivity contribution in [2.75, 3.05) is 7.11 Å². The first kappa shape index (κ1) is 18.3. The van der Waals surface area contributed by atoms with Crippen LogP contribution in [0.15, 0.2) is 71.8 Å². The number of rotatable bonds is 3. The molecule has 0 radical (unpaired) electrons. The minimum Gasteiger partial charge on any atom is -0.497 e. The zero-order valence-corrected chi connectivity index (χ0v) is 15.8. The number of fused-ring (bicyclic) bond motifs is 1. The highest BCUT2D eigenvalue weighted by molar-refractivity contribution is 6.68. The van der Waals surface area contributed by atoms with Crippen LogP contribution in [0, 0.1) is 0 Å². The van der Waals surface area contributed by atoms with Crippen LogP contribution in [0.25, 0.3) is 11.1 Å². The van der Waals surface area contributed by atoms with Crippen molar-refractivity contribution >= 4 is 36.2 Å². The minimum atomic E-state index is -1.19. The van der Waals surface area contributed by atoms with Crippen LogP contribution in [-0.2, 0) is 0 Å². The fourth-order valence-corrected chi connectivity index (χ4v) is 3.34. The van der Waals surface area contributed by atoms with Crippen LogP contribution in [-0.4, -0.2) is 36.2 Å². The standard InChI is InChI=1S/C21H16BClN2O3/c1-28-17-9-6-14(7-10-17)15-8-11-19-16(12-15)13-24-25(22(19)27)21(26)18-4-2-3-5-20(18)23/h2-13,27H,1H3. The average molecular weight is 391 g/mol. The first-order valence-electron chi connectivity index (χ1n) is 8.67. The summed E-state index contributed by atoms with van der Waals surface area (Å²) in [5, 5.41) is 15.2. The summed E-state index contributed by atoms with van der Waals surface area (Å²) in [6.45, 7) is 0. The first-order valence-corrected chi connectivity index (χ1v) is 9.05. The van der Waals surface area contributed by atoms with Gasteiger partial charge < -0.3 is 9.76 Å². The van der Waals surface area contributed by atoms with Gasteiger partial charge in [-0.05, 0) is 52.5 Å². The Morgan fingerprint density at radius 3 is 2.50 bits per heavy atom. The molecule has 1 aliphatic heterocycles. The molecule has 4 rings (SSSR count). The van der Waals surface area contributed by atoms with E-state index < -0.39 is 13.0 Å². The maximum Gasteiger partial charge on any atom is 0.474 e. The quantitative estimate of drug-likeness (QED) is 0.699. The SMILES string of the molecule is COc1ccc(-c2ccc3c(c2)C=NN(C(=O)c2ccccc2Cl)B3O)cc1. The summed E-state index contributed by atoms with van der Waals surface area (Å²) in [5.41, 5.74) is 3.64. The second-order valence-electron chi connectivity index (χ2n) is 6.32. The molecule has 0 fully saturated rings. The Morgan fingerprint density at radius 1 is 1.07 bits per heavy atom. The summed E-state index contributed by atoms with van der Waals surface area (Å²) in [4.78, 5) is 13.8. The third-order valence-electron chi connectivity index (χ3n) is 4.65. The summed E-state index contributed by atoms with van der Waals surface area (Å²) in [6.07, 6.45) is 1.57. The monoisotopic (exact) mass is 390 g/mol. The van der Waals surface area contributed by atoms with Crippen molar-refractivity contribution in [2.45, 2.75) is 0 Å². The molecule has 0 atom stereocenters. The smallest absolute Gasteiger partial charge is 0.474 e. The van der Waals surface area contributed by atoms with Crippen molar-refractivity contribution < 1.29 is 14.6 Å². The van der Waals surface area contributed by atoms with E-state index in [2.05, 4.69) is 5.10 Å². The Balaban J connectivity index is 1.64. The summed E-state index contributed by atoms with van der Waals surface area (Å²) in [6, 6.07) is 20.0. The van der Waals surface area contributed by atoms with Crippen LogP contribution in [0.5, 0.6) is 5.75 Å². The van der Waals surface area contributed by atoms with Crippen LogP contribution >= 0.6 is 11.6 Å². The number of hydrogen-bond acceptors (Lipinski definition) is 4. The van der Waals surface area contributed by atoms with Crippen LogP contribution in [0.2, 0.25) is 5.02 Å². The molecule has 1 amide bonds. The summed E-state index contributed by atoms with van der Waals surface area (Å²) in [7, 11) is 0.440. The third kappa shape index (κ3) is 3.28. The van der Waals surface area contributed by atoms with Crippen LogP contribution < -0.4 is 10.2 Å². The van der Waals surface area contributed by atoms with Crippen molar-refractivity contribution in [3.05, 3.63) is 82.9 Å². The van der Waals surface area contributed by atoms with Crippen molar-refractivity contribution in [3.63, 3.8) is 0 Å². The average Bonchev–Trinajstić information content (AvgIpc) is 2.74. The van der Waals surface area contributed by atoms with Gasteiger partial charge in [-0.25, -0.2) is 4.92 Å². The van der Waals surface area contributed by atoms with E-state index in [1.807, 2.05) is 36.4 Å². The molecule has 5 nitrogen and oxygen atoms in total. The Morgan fingerprint density at radius 2 is 1.79 bits per heavy atom. The summed E-state index contributed by atoms with van der Waals surface area (Å²) >= 11 is 6.11. The van der Waals surface area contributed by atoms with Gasteiger partial charge in [-0.2, -0.15) is 5.10 Å². The Bertz CT molecular complexity index is 1070. The zero-order valence-electron chi connectivity index (χ0n) is 15.0. The number of hydrogen-bond donors (Lipinski definition) is 1. The number of amides is 1. The van der Waals surface area contributed by atoms with Gasteiger partial charge in [-0.15, -0.1) is 0 Å².